The van der Waals surface area contributed by atoms with Crippen LogP contribution in [0.5, 0.6) is 0 Å². The van der Waals surface area contributed by atoms with Crippen molar-refractivity contribution in [3.8, 4) is 0 Å². The Hall–Kier alpha value is -0.250. The second-order valence-corrected chi connectivity index (χ2v) is 4.85. The summed E-state index contributed by atoms with van der Waals surface area (Å²) in [5, 5.41) is 0.849. The molecule has 0 aromatic heterocycles. The zero-order valence-electron chi connectivity index (χ0n) is 10.6. The molecule has 1 aliphatic rings. The maximum absolute atomic E-state index is 6.38. The van der Waals surface area contributed by atoms with Crippen LogP contribution in [0, 0.1) is 0 Å². The van der Waals surface area contributed by atoms with Gasteiger partial charge in [0.15, 0.2) is 0 Å². The first-order chi connectivity index (χ1) is 7.61. The van der Waals surface area contributed by atoms with Gasteiger partial charge in [-0.05, 0) is 32.3 Å². The molecule has 0 aromatic carbocycles. The van der Waals surface area contributed by atoms with Crippen molar-refractivity contribution in [2.75, 3.05) is 27.4 Å². The molecule has 2 atom stereocenters. The SMILES string of the molecule is COC[C@@H]1CC[C@@H](COC)N1C(Cl)=C(C)C. The summed E-state index contributed by atoms with van der Waals surface area (Å²) in [6.07, 6.45) is 2.23. The molecule has 16 heavy (non-hydrogen) atoms. The van der Waals surface area contributed by atoms with E-state index in [1.54, 1.807) is 14.2 Å². The summed E-state index contributed by atoms with van der Waals surface area (Å²) in [4.78, 5) is 2.25. The summed E-state index contributed by atoms with van der Waals surface area (Å²) in [7, 11) is 3.47. The molecule has 4 heteroatoms. The van der Waals surface area contributed by atoms with Crippen molar-refractivity contribution in [1.29, 1.82) is 0 Å². The molecule has 3 nitrogen and oxygen atoms in total. The highest BCUT2D eigenvalue weighted by molar-refractivity contribution is 6.29. The smallest absolute Gasteiger partial charge is 0.104 e. The number of methoxy groups -OCH3 is 2. The number of rotatable bonds is 5. The van der Waals surface area contributed by atoms with Gasteiger partial charge in [-0.25, -0.2) is 0 Å². The van der Waals surface area contributed by atoms with E-state index in [1.807, 2.05) is 13.8 Å². The number of ether oxygens (including phenoxy) is 2. The van der Waals surface area contributed by atoms with E-state index >= 15 is 0 Å². The summed E-state index contributed by atoms with van der Waals surface area (Å²) in [6, 6.07) is 0.764. The number of likely N-dealkylation sites (tertiary alicyclic amines) is 1. The lowest BCUT2D eigenvalue weighted by Gasteiger charge is -2.32. The third-order valence-electron chi connectivity index (χ3n) is 2.98. The van der Waals surface area contributed by atoms with Crippen molar-refractivity contribution >= 4 is 11.6 Å². The summed E-state index contributed by atoms with van der Waals surface area (Å²) in [5.74, 6) is 0. The number of hydrogen-bond donors (Lipinski definition) is 0. The molecule has 0 aromatic rings. The largest absolute Gasteiger partial charge is 0.383 e. The van der Waals surface area contributed by atoms with Crippen LogP contribution in [0.2, 0.25) is 0 Å². The molecule has 1 fully saturated rings. The van der Waals surface area contributed by atoms with Crippen molar-refractivity contribution in [1.82, 2.24) is 4.90 Å². The van der Waals surface area contributed by atoms with E-state index in [0.717, 1.165) is 36.8 Å². The first kappa shape index (κ1) is 13.8. The molecule has 0 N–H and O–H groups in total. The van der Waals surface area contributed by atoms with Gasteiger partial charge in [-0.3, -0.25) is 0 Å². The lowest BCUT2D eigenvalue weighted by atomic mass is 10.2. The summed E-state index contributed by atoms with van der Waals surface area (Å²) in [6.45, 7) is 5.52. The Morgan fingerprint density at radius 2 is 1.56 bits per heavy atom. The molecule has 0 amide bonds. The zero-order valence-corrected chi connectivity index (χ0v) is 11.4. The summed E-state index contributed by atoms with van der Waals surface area (Å²) < 4.78 is 10.5. The lowest BCUT2D eigenvalue weighted by Crippen LogP contribution is -2.39. The Balaban J connectivity index is 2.80. The van der Waals surface area contributed by atoms with E-state index in [2.05, 4.69) is 4.90 Å². The van der Waals surface area contributed by atoms with Gasteiger partial charge >= 0.3 is 0 Å². The third kappa shape index (κ3) is 3.12. The van der Waals surface area contributed by atoms with E-state index in [9.17, 15) is 0 Å². The average Bonchev–Trinajstić information content (AvgIpc) is 2.61. The van der Waals surface area contributed by atoms with Crippen LogP contribution in [0.4, 0.5) is 0 Å². The van der Waals surface area contributed by atoms with Gasteiger partial charge in [0.1, 0.15) is 5.16 Å². The van der Waals surface area contributed by atoms with Crippen LogP contribution >= 0.6 is 11.6 Å². The molecular weight excluding hydrogens is 226 g/mol. The van der Waals surface area contributed by atoms with Gasteiger partial charge in [0, 0.05) is 14.2 Å². The van der Waals surface area contributed by atoms with E-state index < -0.39 is 0 Å². The van der Waals surface area contributed by atoms with Crippen LogP contribution in [0.25, 0.3) is 0 Å². The van der Waals surface area contributed by atoms with Crippen LogP contribution in [0.15, 0.2) is 10.7 Å². The summed E-state index contributed by atoms with van der Waals surface area (Å²) in [5.41, 5.74) is 1.14. The van der Waals surface area contributed by atoms with E-state index in [4.69, 9.17) is 21.1 Å². The Labute approximate surface area is 103 Å². The molecule has 1 heterocycles. The van der Waals surface area contributed by atoms with E-state index in [1.165, 1.54) is 0 Å². The fourth-order valence-electron chi connectivity index (χ4n) is 2.25. The van der Waals surface area contributed by atoms with Crippen molar-refractivity contribution in [2.24, 2.45) is 0 Å². The van der Waals surface area contributed by atoms with Crippen LogP contribution in [0.1, 0.15) is 26.7 Å². The maximum Gasteiger partial charge on any atom is 0.104 e. The van der Waals surface area contributed by atoms with Crippen molar-refractivity contribution in [2.45, 2.75) is 38.8 Å². The maximum atomic E-state index is 6.38. The molecule has 0 radical (unpaired) electrons. The Bertz CT molecular complexity index is 237. The van der Waals surface area contributed by atoms with E-state index in [0.29, 0.717) is 12.1 Å². The monoisotopic (exact) mass is 247 g/mol. The van der Waals surface area contributed by atoms with E-state index in [-0.39, 0.29) is 0 Å². The van der Waals surface area contributed by atoms with Gasteiger partial charge in [-0.15, -0.1) is 0 Å². The molecule has 1 aliphatic heterocycles. The van der Waals surface area contributed by atoms with Gasteiger partial charge in [-0.1, -0.05) is 11.6 Å². The second-order valence-electron chi connectivity index (χ2n) is 4.49. The van der Waals surface area contributed by atoms with Gasteiger partial charge in [0.05, 0.1) is 25.3 Å². The molecular formula is C12H22ClNO2. The minimum Gasteiger partial charge on any atom is -0.383 e. The molecule has 0 spiro atoms. The second kappa shape index (κ2) is 6.48. The van der Waals surface area contributed by atoms with Crippen molar-refractivity contribution in [3.63, 3.8) is 0 Å². The standard InChI is InChI=1S/C12H22ClNO2/c1-9(2)12(13)14-10(7-15-3)5-6-11(14)8-16-4/h10-11H,5-8H2,1-4H3/t10-,11-/m0/s1. The Morgan fingerprint density at radius 1 is 1.12 bits per heavy atom. The zero-order chi connectivity index (χ0) is 12.1. The molecule has 1 saturated heterocycles. The number of allylic oxidation sites excluding steroid dienone is 1. The first-order valence-electron chi connectivity index (χ1n) is 5.71. The topological polar surface area (TPSA) is 21.7 Å². The highest BCUT2D eigenvalue weighted by atomic mass is 35.5. The summed E-state index contributed by atoms with van der Waals surface area (Å²) >= 11 is 6.38. The van der Waals surface area contributed by atoms with Crippen LogP contribution in [-0.4, -0.2) is 44.4 Å². The third-order valence-corrected chi connectivity index (χ3v) is 3.55. The number of hydrogen-bond acceptors (Lipinski definition) is 3. The minimum atomic E-state index is 0.382. The quantitative estimate of drug-likeness (QED) is 0.697. The molecule has 1 rings (SSSR count). The van der Waals surface area contributed by atoms with Crippen LogP contribution < -0.4 is 0 Å². The first-order valence-corrected chi connectivity index (χ1v) is 6.08. The minimum absolute atomic E-state index is 0.382. The molecule has 0 aliphatic carbocycles. The van der Waals surface area contributed by atoms with Gasteiger partial charge < -0.3 is 14.4 Å². The normalized spacial score (nSPS) is 24.9. The molecule has 94 valence electrons. The molecule has 0 saturated carbocycles. The Kier molecular flexibility index (Phi) is 5.59. The fourth-order valence-corrected chi connectivity index (χ4v) is 2.53. The van der Waals surface area contributed by atoms with Gasteiger partial charge in [-0.2, -0.15) is 0 Å². The van der Waals surface area contributed by atoms with Crippen LogP contribution in [0.3, 0.4) is 0 Å². The van der Waals surface area contributed by atoms with Crippen molar-refractivity contribution in [3.05, 3.63) is 10.7 Å². The predicted octanol–water partition coefficient (Wildman–Crippen LogP) is 2.60. The number of halogens is 1. The molecule has 0 unspecified atom stereocenters. The van der Waals surface area contributed by atoms with Gasteiger partial charge in [0.25, 0.3) is 0 Å². The fraction of sp³-hybridized carbons (Fsp3) is 0.833. The predicted molar refractivity (Wildman–Crippen MR) is 66.6 cm³/mol. The van der Waals surface area contributed by atoms with Crippen LogP contribution in [-0.2, 0) is 9.47 Å². The lowest BCUT2D eigenvalue weighted by molar-refractivity contribution is 0.0888. The molecule has 0 bridgehead atoms. The highest BCUT2D eigenvalue weighted by Gasteiger charge is 2.34. The average molecular weight is 248 g/mol. The van der Waals surface area contributed by atoms with Gasteiger partial charge in [0.2, 0.25) is 0 Å². The Morgan fingerprint density at radius 3 is 1.88 bits per heavy atom. The van der Waals surface area contributed by atoms with Crippen molar-refractivity contribution < 1.29 is 9.47 Å². The number of nitrogens with zero attached hydrogens (tertiary/aromatic N) is 1. The highest BCUT2D eigenvalue weighted by Crippen LogP contribution is 2.31.